The molecule has 0 N–H and O–H groups in total. The van der Waals surface area contributed by atoms with E-state index >= 15 is 0 Å². The highest BCUT2D eigenvalue weighted by molar-refractivity contribution is 5.82. The molecule has 0 unspecified atom stereocenters. The number of amides is 1. The normalized spacial score (nSPS) is 12.9. The van der Waals surface area contributed by atoms with E-state index in [0.29, 0.717) is 6.54 Å². The number of likely N-dealkylation sites (N-methyl/N-ethyl adjacent to an activating group) is 1. The highest BCUT2D eigenvalue weighted by Gasteiger charge is 2.15. The molecule has 0 spiro atoms. The molecule has 4 heteroatoms. The maximum absolute atomic E-state index is 11.6. The Kier molecular flexibility index (Phi) is 11.2. The van der Waals surface area contributed by atoms with Crippen LogP contribution in [0.4, 0.5) is 0 Å². The van der Waals surface area contributed by atoms with Crippen molar-refractivity contribution in [2.45, 2.75) is 47.0 Å². The van der Waals surface area contributed by atoms with Gasteiger partial charge in [-0.05, 0) is 57.6 Å². The van der Waals surface area contributed by atoms with Crippen molar-refractivity contribution < 1.29 is 4.79 Å². The molecule has 0 saturated carbocycles. The van der Waals surface area contributed by atoms with E-state index in [4.69, 9.17) is 6.42 Å². The minimum Gasteiger partial charge on any atom is -0.375 e. The Labute approximate surface area is 177 Å². The van der Waals surface area contributed by atoms with E-state index in [1.54, 1.807) is 11.1 Å². The van der Waals surface area contributed by atoms with Crippen molar-refractivity contribution in [3.8, 4) is 12.3 Å². The average Bonchev–Trinajstić information content (AvgIpc) is 2.91. The van der Waals surface area contributed by atoms with Gasteiger partial charge in [0.15, 0.2) is 0 Å². The summed E-state index contributed by atoms with van der Waals surface area (Å²) < 4.78 is 0. The van der Waals surface area contributed by atoms with Crippen molar-refractivity contribution in [1.82, 2.24) is 14.8 Å². The summed E-state index contributed by atoms with van der Waals surface area (Å²) in [5, 5.41) is 0. The predicted molar refractivity (Wildman–Crippen MR) is 122 cm³/mol. The SMILES string of the molecule is C#CCCc1ccccn1.[CH2]C(=O)N(CC)C1=C(C)C=C(N(CC)CC)CC=C1. The summed E-state index contributed by atoms with van der Waals surface area (Å²) in [5.41, 5.74) is 4.46. The van der Waals surface area contributed by atoms with Gasteiger partial charge in [-0.2, -0.15) is 0 Å². The zero-order valence-electron chi connectivity index (χ0n) is 18.3. The molecule has 4 nitrogen and oxygen atoms in total. The molecule has 0 fully saturated rings. The highest BCUT2D eigenvalue weighted by atomic mass is 16.2. The van der Waals surface area contributed by atoms with Crippen LogP contribution in [0.5, 0.6) is 0 Å². The van der Waals surface area contributed by atoms with Gasteiger partial charge in [-0.1, -0.05) is 12.1 Å². The second-order valence-electron chi connectivity index (χ2n) is 6.65. The average molecular weight is 393 g/mol. The number of hydrogen-bond donors (Lipinski definition) is 0. The Balaban J connectivity index is 0.000000352. The second kappa shape index (κ2) is 13.4. The Morgan fingerprint density at radius 1 is 1.24 bits per heavy atom. The Morgan fingerprint density at radius 3 is 2.48 bits per heavy atom. The summed E-state index contributed by atoms with van der Waals surface area (Å²) in [6, 6.07) is 5.86. The molecule has 1 radical (unpaired) electrons. The van der Waals surface area contributed by atoms with Crippen LogP contribution in [0.2, 0.25) is 0 Å². The molecule has 0 aromatic carbocycles. The van der Waals surface area contributed by atoms with Gasteiger partial charge in [-0.25, -0.2) is 0 Å². The summed E-state index contributed by atoms with van der Waals surface area (Å²) in [7, 11) is 0. The van der Waals surface area contributed by atoms with E-state index in [1.807, 2.05) is 31.2 Å². The quantitative estimate of drug-likeness (QED) is 0.627. The third-order valence-electron chi connectivity index (χ3n) is 4.72. The number of hydrogen-bond acceptors (Lipinski definition) is 3. The summed E-state index contributed by atoms with van der Waals surface area (Å²) in [6.45, 7) is 14.5. The van der Waals surface area contributed by atoms with E-state index < -0.39 is 0 Å². The zero-order chi connectivity index (χ0) is 21.6. The van der Waals surface area contributed by atoms with Gasteiger partial charge in [0.25, 0.3) is 0 Å². The lowest BCUT2D eigenvalue weighted by Gasteiger charge is -2.24. The fraction of sp³-hybridized carbons (Fsp3) is 0.400. The van der Waals surface area contributed by atoms with Gasteiger partial charge in [0.05, 0.1) is 0 Å². The van der Waals surface area contributed by atoms with Crippen molar-refractivity contribution in [2.24, 2.45) is 0 Å². The van der Waals surface area contributed by atoms with Crippen LogP contribution in [0.1, 0.15) is 46.2 Å². The van der Waals surface area contributed by atoms with E-state index in [-0.39, 0.29) is 5.91 Å². The molecule has 0 saturated heterocycles. The first-order valence-corrected chi connectivity index (χ1v) is 10.3. The van der Waals surface area contributed by atoms with Crippen molar-refractivity contribution in [3.63, 3.8) is 0 Å². The first kappa shape index (κ1) is 24.2. The smallest absolute Gasteiger partial charge is 0.227 e. The van der Waals surface area contributed by atoms with E-state index in [9.17, 15) is 4.79 Å². The van der Waals surface area contributed by atoms with Crippen LogP contribution in [-0.2, 0) is 11.2 Å². The molecule has 1 aliphatic rings. The Bertz CT molecular complexity index is 765. The van der Waals surface area contributed by atoms with Crippen molar-refractivity contribution in [1.29, 1.82) is 0 Å². The number of carbonyl (C=O) groups is 1. The van der Waals surface area contributed by atoms with Crippen LogP contribution in [-0.4, -0.2) is 40.3 Å². The number of rotatable bonds is 7. The number of terminal acetylenes is 1. The van der Waals surface area contributed by atoms with Crippen molar-refractivity contribution in [3.05, 3.63) is 72.2 Å². The highest BCUT2D eigenvalue weighted by Crippen LogP contribution is 2.22. The number of carbonyl (C=O) groups excluding carboxylic acids is 1. The van der Waals surface area contributed by atoms with E-state index in [2.05, 4.69) is 55.7 Å². The summed E-state index contributed by atoms with van der Waals surface area (Å²) in [4.78, 5) is 19.8. The Hall–Kier alpha value is -2.80. The summed E-state index contributed by atoms with van der Waals surface area (Å²) >= 11 is 0. The lowest BCUT2D eigenvalue weighted by Crippen LogP contribution is -2.27. The van der Waals surface area contributed by atoms with Gasteiger partial charge in [0.2, 0.25) is 5.91 Å². The van der Waals surface area contributed by atoms with Crippen molar-refractivity contribution in [2.75, 3.05) is 19.6 Å². The monoisotopic (exact) mass is 392 g/mol. The number of aromatic nitrogens is 1. The molecule has 1 aromatic rings. The van der Waals surface area contributed by atoms with Gasteiger partial charge in [-0.3, -0.25) is 9.78 Å². The van der Waals surface area contributed by atoms with Gasteiger partial charge in [0.1, 0.15) is 0 Å². The Morgan fingerprint density at radius 2 is 1.97 bits per heavy atom. The third kappa shape index (κ3) is 7.99. The lowest BCUT2D eigenvalue weighted by molar-refractivity contribution is -0.124. The van der Waals surface area contributed by atoms with Gasteiger partial charge < -0.3 is 9.80 Å². The van der Waals surface area contributed by atoms with Crippen LogP contribution in [0.25, 0.3) is 0 Å². The van der Waals surface area contributed by atoms with Crippen molar-refractivity contribution >= 4 is 5.91 Å². The van der Waals surface area contributed by atoms with Gasteiger partial charge in [0, 0.05) is 69.1 Å². The van der Waals surface area contributed by atoms with Crippen LogP contribution in [0.15, 0.2) is 59.6 Å². The maximum Gasteiger partial charge on any atom is 0.227 e. The molecule has 2 rings (SSSR count). The standard InChI is InChI=1S/C16H25N2O.C9H9N/c1-6-17(7-2)15-10-9-11-16(13(4)12-15)18(8-3)14(5)19;1-2-3-6-9-7-4-5-8-10-9/h9,11-12H,5-8,10H2,1-4H3;1,4-5,7-8H,3,6H2. The fourth-order valence-corrected chi connectivity index (χ4v) is 3.19. The summed E-state index contributed by atoms with van der Waals surface area (Å²) in [6.07, 6.45) is 15.8. The molecule has 29 heavy (non-hydrogen) atoms. The van der Waals surface area contributed by atoms with Gasteiger partial charge >= 0.3 is 0 Å². The van der Waals surface area contributed by atoms with Gasteiger partial charge in [-0.15, -0.1) is 12.3 Å². The molecular weight excluding hydrogens is 358 g/mol. The molecule has 0 aliphatic heterocycles. The fourth-order valence-electron chi connectivity index (χ4n) is 3.19. The molecule has 1 aliphatic carbocycles. The molecule has 1 amide bonds. The molecule has 155 valence electrons. The molecule has 0 atom stereocenters. The minimum absolute atomic E-state index is 0.152. The predicted octanol–water partition coefficient (Wildman–Crippen LogP) is 4.78. The van der Waals surface area contributed by atoms with Crippen LogP contribution in [0.3, 0.4) is 0 Å². The van der Waals surface area contributed by atoms with E-state index in [1.165, 1.54) is 5.70 Å². The molecule has 0 bridgehead atoms. The second-order valence-corrected chi connectivity index (χ2v) is 6.65. The first-order chi connectivity index (χ1) is 14.0. The number of pyridine rings is 1. The number of aryl methyl sites for hydroxylation is 1. The minimum atomic E-state index is -0.152. The largest absolute Gasteiger partial charge is 0.375 e. The maximum atomic E-state index is 11.6. The van der Waals surface area contributed by atoms with Crippen LogP contribution >= 0.6 is 0 Å². The topological polar surface area (TPSA) is 36.4 Å². The molecule has 1 heterocycles. The van der Waals surface area contributed by atoms with Crippen LogP contribution < -0.4 is 0 Å². The van der Waals surface area contributed by atoms with Crippen LogP contribution in [0, 0.1) is 19.3 Å². The third-order valence-corrected chi connectivity index (χ3v) is 4.72. The molecular formula is C25H34N3O. The lowest BCUT2D eigenvalue weighted by atomic mass is 10.1. The molecule has 1 aromatic heterocycles. The number of nitrogens with zero attached hydrogens (tertiary/aromatic N) is 3. The first-order valence-electron chi connectivity index (χ1n) is 10.3. The summed E-state index contributed by atoms with van der Waals surface area (Å²) in [5.74, 6) is 2.42. The van der Waals surface area contributed by atoms with E-state index in [0.717, 1.165) is 49.3 Å². The number of allylic oxidation sites excluding steroid dienone is 4. The zero-order valence-corrected chi connectivity index (χ0v) is 18.3.